The number of carbonyl (C=O) groups excluding carboxylic acids is 2. The van der Waals surface area contributed by atoms with Crippen molar-refractivity contribution in [2.75, 3.05) is 11.9 Å². The number of hydrogen-bond donors (Lipinski definition) is 1. The van der Waals surface area contributed by atoms with E-state index in [9.17, 15) is 9.59 Å². The summed E-state index contributed by atoms with van der Waals surface area (Å²) >= 11 is 0. The molecule has 1 aliphatic rings. The van der Waals surface area contributed by atoms with E-state index in [-0.39, 0.29) is 24.0 Å². The molecule has 134 valence electrons. The summed E-state index contributed by atoms with van der Waals surface area (Å²) in [7, 11) is 1.82. The lowest BCUT2D eigenvalue weighted by atomic mass is 9.89. The van der Waals surface area contributed by atoms with Gasteiger partial charge in [-0.2, -0.15) is 5.10 Å². The Morgan fingerprint density at radius 3 is 2.58 bits per heavy atom. The van der Waals surface area contributed by atoms with E-state index >= 15 is 0 Å². The summed E-state index contributed by atoms with van der Waals surface area (Å²) in [6.45, 7) is 9.90. The van der Waals surface area contributed by atoms with E-state index in [0.717, 1.165) is 18.5 Å². The first-order valence-corrected chi connectivity index (χ1v) is 8.39. The molecular formula is C17H28N4O3. The second kappa shape index (κ2) is 6.83. The molecule has 1 aliphatic heterocycles. The van der Waals surface area contributed by atoms with Gasteiger partial charge in [0.05, 0.1) is 17.3 Å². The molecule has 2 heterocycles. The third-order valence-corrected chi connectivity index (χ3v) is 4.22. The molecule has 0 radical (unpaired) electrons. The second-order valence-electron chi connectivity index (χ2n) is 7.45. The largest absolute Gasteiger partial charge is 0.444 e. The van der Waals surface area contributed by atoms with Crippen molar-refractivity contribution >= 4 is 17.7 Å². The van der Waals surface area contributed by atoms with Crippen molar-refractivity contribution < 1.29 is 14.3 Å². The highest BCUT2D eigenvalue weighted by Gasteiger charge is 2.37. The first-order chi connectivity index (χ1) is 11.1. The van der Waals surface area contributed by atoms with Gasteiger partial charge in [0.2, 0.25) is 5.91 Å². The summed E-state index contributed by atoms with van der Waals surface area (Å²) in [5.74, 6) is -0.335. The number of nitrogens with zero attached hydrogens (tertiary/aromatic N) is 3. The molecule has 1 aromatic rings. The maximum atomic E-state index is 12.7. The normalized spacial score (nSPS) is 21.5. The van der Waals surface area contributed by atoms with Gasteiger partial charge in [0.25, 0.3) is 0 Å². The lowest BCUT2D eigenvalue weighted by Gasteiger charge is -2.39. The standard InChI is InChI=1S/C17H28N4O3/c1-11-14(10-20(6)19-11)18-15(22)13-8-7-9-21(12(13)2)16(23)24-17(3,4)5/h10,12-13H,7-9H2,1-6H3,(H,18,22)/t12-,13-/m1/s1. The van der Waals surface area contributed by atoms with Gasteiger partial charge in [-0.1, -0.05) is 0 Å². The molecule has 2 amide bonds. The molecule has 7 heteroatoms. The maximum absolute atomic E-state index is 12.7. The van der Waals surface area contributed by atoms with Crippen LogP contribution in [0.2, 0.25) is 0 Å². The minimum Gasteiger partial charge on any atom is -0.444 e. The number of anilines is 1. The number of likely N-dealkylation sites (tertiary alicyclic amines) is 1. The molecule has 1 saturated heterocycles. The second-order valence-corrected chi connectivity index (χ2v) is 7.45. The molecule has 1 N–H and O–H groups in total. The van der Waals surface area contributed by atoms with Crippen LogP contribution < -0.4 is 5.32 Å². The number of carbonyl (C=O) groups is 2. The van der Waals surface area contributed by atoms with Gasteiger partial charge in [0, 0.05) is 25.8 Å². The fourth-order valence-electron chi connectivity index (χ4n) is 3.02. The predicted octanol–water partition coefficient (Wildman–Crippen LogP) is 2.70. The highest BCUT2D eigenvalue weighted by Crippen LogP contribution is 2.27. The average Bonchev–Trinajstić information content (AvgIpc) is 2.74. The Kier molecular flexibility index (Phi) is 5.20. The van der Waals surface area contributed by atoms with Crippen LogP contribution in [-0.4, -0.2) is 44.9 Å². The van der Waals surface area contributed by atoms with Gasteiger partial charge in [0.1, 0.15) is 5.60 Å². The van der Waals surface area contributed by atoms with Gasteiger partial charge in [-0.15, -0.1) is 0 Å². The molecule has 0 aromatic carbocycles. The summed E-state index contributed by atoms with van der Waals surface area (Å²) < 4.78 is 7.13. The van der Waals surface area contributed by atoms with E-state index in [2.05, 4.69) is 10.4 Å². The summed E-state index contributed by atoms with van der Waals surface area (Å²) in [6.07, 6.45) is 2.97. The number of aromatic nitrogens is 2. The Balaban J connectivity index is 2.06. The number of hydrogen-bond acceptors (Lipinski definition) is 4. The molecule has 0 spiro atoms. The molecule has 1 fully saturated rings. The van der Waals surface area contributed by atoms with E-state index in [1.165, 1.54) is 0 Å². The number of rotatable bonds is 2. The zero-order valence-corrected chi connectivity index (χ0v) is 15.4. The molecule has 2 rings (SSSR count). The third-order valence-electron chi connectivity index (χ3n) is 4.22. The van der Waals surface area contributed by atoms with Crippen molar-refractivity contribution in [1.82, 2.24) is 14.7 Å². The van der Waals surface area contributed by atoms with Crippen molar-refractivity contribution in [3.8, 4) is 0 Å². The van der Waals surface area contributed by atoms with Crippen LogP contribution in [0.3, 0.4) is 0 Å². The summed E-state index contributed by atoms with van der Waals surface area (Å²) in [5, 5.41) is 7.17. The smallest absolute Gasteiger partial charge is 0.410 e. The van der Waals surface area contributed by atoms with Crippen LogP contribution in [0.5, 0.6) is 0 Å². The first-order valence-electron chi connectivity index (χ1n) is 8.39. The van der Waals surface area contributed by atoms with Crippen molar-refractivity contribution in [1.29, 1.82) is 0 Å². The van der Waals surface area contributed by atoms with Crippen molar-refractivity contribution in [3.63, 3.8) is 0 Å². The number of nitrogens with one attached hydrogen (secondary N) is 1. The first kappa shape index (κ1) is 18.3. The zero-order valence-electron chi connectivity index (χ0n) is 15.4. The predicted molar refractivity (Wildman–Crippen MR) is 91.7 cm³/mol. The molecule has 1 aromatic heterocycles. The third kappa shape index (κ3) is 4.27. The van der Waals surface area contributed by atoms with Crippen LogP contribution in [0.25, 0.3) is 0 Å². The lowest BCUT2D eigenvalue weighted by Crippen LogP contribution is -2.51. The summed E-state index contributed by atoms with van der Waals surface area (Å²) in [4.78, 5) is 26.7. The van der Waals surface area contributed by atoms with Crippen LogP contribution >= 0.6 is 0 Å². The fourth-order valence-corrected chi connectivity index (χ4v) is 3.02. The van der Waals surface area contributed by atoms with E-state index in [4.69, 9.17) is 4.74 Å². The van der Waals surface area contributed by atoms with Gasteiger partial charge in [-0.05, 0) is 47.5 Å². The average molecular weight is 336 g/mol. The van der Waals surface area contributed by atoms with Crippen LogP contribution in [0, 0.1) is 12.8 Å². The fraction of sp³-hybridized carbons (Fsp3) is 0.706. The minimum absolute atomic E-state index is 0.0770. The molecule has 2 atom stereocenters. The Morgan fingerprint density at radius 2 is 2.04 bits per heavy atom. The molecule has 7 nitrogen and oxygen atoms in total. The van der Waals surface area contributed by atoms with Gasteiger partial charge < -0.3 is 15.0 Å². The minimum atomic E-state index is -0.543. The highest BCUT2D eigenvalue weighted by atomic mass is 16.6. The summed E-state index contributed by atoms with van der Waals surface area (Å²) in [5.41, 5.74) is 0.946. The monoisotopic (exact) mass is 336 g/mol. The van der Waals surface area contributed by atoms with Crippen molar-refractivity contribution in [2.45, 2.75) is 59.1 Å². The van der Waals surface area contributed by atoms with Gasteiger partial charge in [0.15, 0.2) is 0 Å². The zero-order chi connectivity index (χ0) is 18.1. The van der Waals surface area contributed by atoms with Gasteiger partial charge >= 0.3 is 6.09 Å². The quantitative estimate of drug-likeness (QED) is 0.901. The number of amides is 2. The van der Waals surface area contributed by atoms with Crippen LogP contribution in [-0.2, 0) is 16.6 Å². The van der Waals surface area contributed by atoms with Crippen LogP contribution in [0.4, 0.5) is 10.5 Å². The van der Waals surface area contributed by atoms with Gasteiger partial charge in [-0.3, -0.25) is 9.48 Å². The Morgan fingerprint density at radius 1 is 1.38 bits per heavy atom. The van der Waals surface area contributed by atoms with Crippen molar-refractivity contribution in [2.24, 2.45) is 13.0 Å². The lowest BCUT2D eigenvalue weighted by molar-refractivity contribution is -0.123. The Labute approximate surface area is 143 Å². The number of piperidine rings is 1. The highest BCUT2D eigenvalue weighted by molar-refractivity contribution is 5.93. The molecule has 0 bridgehead atoms. The molecular weight excluding hydrogens is 308 g/mol. The van der Waals surface area contributed by atoms with Crippen molar-refractivity contribution in [3.05, 3.63) is 11.9 Å². The van der Waals surface area contributed by atoms with Crippen LogP contribution in [0.1, 0.15) is 46.2 Å². The molecule has 0 saturated carbocycles. The Hall–Kier alpha value is -2.05. The number of ether oxygens (including phenoxy) is 1. The summed E-state index contributed by atoms with van der Waals surface area (Å²) in [6, 6.07) is -0.203. The molecule has 24 heavy (non-hydrogen) atoms. The Bertz CT molecular complexity index is 618. The SMILES string of the molecule is Cc1nn(C)cc1NC(=O)[C@@H]1CCCN(C(=O)OC(C)(C)C)[C@@H]1C. The number of aryl methyl sites for hydroxylation is 2. The maximum Gasteiger partial charge on any atom is 0.410 e. The molecule has 0 unspecified atom stereocenters. The topological polar surface area (TPSA) is 76.5 Å². The molecule has 0 aliphatic carbocycles. The van der Waals surface area contributed by atoms with Crippen LogP contribution in [0.15, 0.2) is 6.20 Å². The van der Waals surface area contributed by atoms with E-state index in [1.54, 1.807) is 15.8 Å². The van der Waals surface area contributed by atoms with Gasteiger partial charge in [-0.25, -0.2) is 4.79 Å². The van der Waals surface area contributed by atoms with E-state index < -0.39 is 5.60 Å². The van der Waals surface area contributed by atoms with E-state index in [0.29, 0.717) is 12.2 Å². The van der Waals surface area contributed by atoms with E-state index in [1.807, 2.05) is 41.7 Å².